The fourth-order valence-electron chi connectivity index (χ4n) is 5.24. The molecule has 45 heavy (non-hydrogen) atoms. The second-order valence-corrected chi connectivity index (χ2v) is 12.0. The molecule has 0 bridgehead atoms. The van der Waals surface area contributed by atoms with E-state index < -0.39 is 29.1 Å². The zero-order valence-corrected chi connectivity index (χ0v) is 26.2. The smallest absolute Gasteiger partial charge is 0.243 e. The Balaban J connectivity index is 1.51. The van der Waals surface area contributed by atoms with Gasteiger partial charge in [-0.05, 0) is 49.1 Å². The number of nitrogens with one attached hydrogen (secondary N) is 3. The number of aliphatic hydroxyl groups excluding tert-OH is 1. The number of carbonyl (C=O) groups excluding carboxylic acids is 4. The molecule has 4 atom stereocenters. The Morgan fingerprint density at radius 2 is 1.69 bits per heavy atom. The van der Waals surface area contributed by atoms with Crippen molar-refractivity contribution in [2.24, 2.45) is 0 Å². The zero-order chi connectivity index (χ0) is 32.5. The molecular formula is C33H44N4O8. The maximum atomic E-state index is 13.5. The number of nitrogens with zero attached hydrogens (tertiary/aromatic N) is 1. The number of ketones is 1. The van der Waals surface area contributed by atoms with Crippen LogP contribution >= 0.6 is 0 Å². The number of morpholine rings is 1. The molecule has 0 aliphatic carbocycles. The highest BCUT2D eigenvalue weighted by molar-refractivity contribution is 5.94. The summed E-state index contributed by atoms with van der Waals surface area (Å²) in [5.74, 6) is -0.356. The van der Waals surface area contributed by atoms with Gasteiger partial charge >= 0.3 is 0 Å². The molecule has 2 heterocycles. The van der Waals surface area contributed by atoms with Crippen LogP contribution < -0.4 is 20.7 Å². The van der Waals surface area contributed by atoms with Gasteiger partial charge in [0.25, 0.3) is 0 Å². The standard InChI is InChI=1S/C33H44N4O8/c1-23(35-29(40)18-37-12-14-44-15-13-37)31(42)36-33(21-39,17-25-8-10-27(43-3)11-9-25)20-34-28(30(41)32(2)22-45-32)16-24-4-6-26(19-38)7-5-24/h4-11,21,23,28,34,38H,12-20,22H2,1-3H3,(H,35,40)(H,36,42)/t23-,28-,32+,33+/m0/s1. The van der Waals surface area contributed by atoms with Gasteiger partial charge in [0.1, 0.15) is 29.2 Å². The topological polar surface area (TPSA) is 159 Å². The van der Waals surface area contributed by atoms with Crippen LogP contribution in [0, 0.1) is 0 Å². The average Bonchev–Trinajstić information content (AvgIpc) is 3.81. The number of methoxy groups -OCH3 is 1. The van der Waals surface area contributed by atoms with Crippen LogP contribution in [0.3, 0.4) is 0 Å². The van der Waals surface area contributed by atoms with Crippen LogP contribution in [0.5, 0.6) is 5.75 Å². The quantitative estimate of drug-likeness (QED) is 0.141. The molecule has 2 fully saturated rings. The van der Waals surface area contributed by atoms with Gasteiger partial charge in [0.05, 0.1) is 46.1 Å². The van der Waals surface area contributed by atoms with Crippen molar-refractivity contribution in [1.29, 1.82) is 0 Å². The number of rotatable bonds is 17. The summed E-state index contributed by atoms with van der Waals surface area (Å²) in [6, 6.07) is 12.8. The van der Waals surface area contributed by atoms with Crippen LogP contribution in [0.4, 0.5) is 0 Å². The molecule has 4 N–H and O–H groups in total. The summed E-state index contributed by atoms with van der Waals surface area (Å²) in [6.45, 7) is 5.93. The van der Waals surface area contributed by atoms with E-state index in [1.54, 1.807) is 57.4 Å². The highest BCUT2D eigenvalue weighted by atomic mass is 16.6. The van der Waals surface area contributed by atoms with E-state index in [0.717, 1.165) is 16.7 Å². The van der Waals surface area contributed by atoms with Crippen molar-refractivity contribution in [2.45, 2.75) is 56.5 Å². The van der Waals surface area contributed by atoms with Crippen molar-refractivity contribution in [3.8, 4) is 5.75 Å². The molecule has 12 heteroatoms. The van der Waals surface area contributed by atoms with E-state index in [-0.39, 0.29) is 37.8 Å². The van der Waals surface area contributed by atoms with Gasteiger partial charge in [-0.2, -0.15) is 0 Å². The molecule has 12 nitrogen and oxygen atoms in total. The summed E-state index contributed by atoms with van der Waals surface area (Å²) in [5, 5.41) is 18.3. The van der Waals surface area contributed by atoms with Gasteiger partial charge in [-0.15, -0.1) is 0 Å². The summed E-state index contributed by atoms with van der Waals surface area (Å²) in [5.41, 5.74) is -0.0194. The van der Waals surface area contributed by atoms with Crippen LogP contribution in [0.25, 0.3) is 0 Å². The van der Waals surface area contributed by atoms with Crippen LogP contribution in [-0.4, -0.2) is 110 Å². The summed E-state index contributed by atoms with van der Waals surface area (Å²) in [7, 11) is 1.56. The van der Waals surface area contributed by atoms with Gasteiger partial charge in [-0.1, -0.05) is 36.4 Å². The summed E-state index contributed by atoms with van der Waals surface area (Å²) in [6.07, 6.45) is 1.10. The molecule has 0 unspecified atom stereocenters. The molecule has 2 saturated heterocycles. The number of ether oxygens (including phenoxy) is 3. The lowest BCUT2D eigenvalue weighted by atomic mass is 9.89. The minimum absolute atomic E-state index is 0.0656. The second-order valence-electron chi connectivity index (χ2n) is 12.0. The van der Waals surface area contributed by atoms with Gasteiger partial charge in [0.15, 0.2) is 5.78 Å². The maximum absolute atomic E-state index is 13.5. The molecule has 0 aromatic heterocycles. The number of epoxide rings is 1. The van der Waals surface area contributed by atoms with Crippen molar-refractivity contribution in [3.63, 3.8) is 0 Å². The molecule has 0 saturated carbocycles. The highest BCUT2D eigenvalue weighted by Gasteiger charge is 2.50. The normalized spacial score (nSPS) is 20.7. The lowest BCUT2D eigenvalue weighted by Crippen LogP contribution is -2.63. The molecule has 2 aliphatic rings. The van der Waals surface area contributed by atoms with E-state index in [0.29, 0.717) is 51.4 Å². The molecule has 2 amide bonds. The van der Waals surface area contributed by atoms with E-state index in [9.17, 15) is 24.3 Å². The summed E-state index contributed by atoms with van der Waals surface area (Å²) in [4.78, 5) is 54.5. The third-order valence-electron chi connectivity index (χ3n) is 8.24. The van der Waals surface area contributed by atoms with Crippen molar-refractivity contribution < 1.29 is 38.5 Å². The van der Waals surface area contributed by atoms with E-state index in [4.69, 9.17) is 14.2 Å². The SMILES string of the molecule is COc1ccc(C[C@](C=O)(CN[C@@H](Cc2ccc(CO)cc2)C(=O)[C@@]2(C)CO2)NC(=O)[C@H](C)NC(=O)CN2CCOCC2)cc1. The van der Waals surface area contributed by atoms with E-state index >= 15 is 0 Å². The van der Waals surface area contributed by atoms with Crippen molar-refractivity contribution in [1.82, 2.24) is 20.9 Å². The number of carbonyl (C=O) groups is 4. The van der Waals surface area contributed by atoms with Crippen molar-refractivity contribution >= 4 is 23.9 Å². The molecule has 0 radical (unpaired) electrons. The molecule has 2 aromatic carbocycles. The monoisotopic (exact) mass is 624 g/mol. The summed E-state index contributed by atoms with van der Waals surface area (Å²) >= 11 is 0. The Hall–Kier alpha value is -3.68. The van der Waals surface area contributed by atoms with Crippen LogP contribution in [0.2, 0.25) is 0 Å². The van der Waals surface area contributed by atoms with Gasteiger partial charge in [0.2, 0.25) is 11.8 Å². The van der Waals surface area contributed by atoms with E-state index in [2.05, 4.69) is 16.0 Å². The first-order chi connectivity index (χ1) is 21.6. The molecule has 2 aliphatic heterocycles. The number of hydrogen-bond donors (Lipinski definition) is 4. The number of hydrogen-bond acceptors (Lipinski definition) is 10. The maximum Gasteiger partial charge on any atom is 0.243 e. The van der Waals surface area contributed by atoms with Crippen molar-refractivity contribution in [3.05, 3.63) is 65.2 Å². The third kappa shape index (κ3) is 9.65. The number of Topliss-reactive ketones (excluding diaryl/α,β-unsaturated/α-hetero) is 1. The first kappa shape index (κ1) is 34.2. The first-order valence-electron chi connectivity index (χ1n) is 15.2. The molecule has 4 rings (SSSR count). The van der Waals surface area contributed by atoms with Gasteiger partial charge < -0.3 is 40.1 Å². The number of benzene rings is 2. The lowest BCUT2D eigenvalue weighted by molar-refractivity contribution is -0.132. The third-order valence-corrected chi connectivity index (χ3v) is 8.24. The number of amides is 2. The predicted molar refractivity (Wildman–Crippen MR) is 166 cm³/mol. The van der Waals surface area contributed by atoms with Gasteiger partial charge in [0, 0.05) is 26.1 Å². The van der Waals surface area contributed by atoms with Crippen LogP contribution in [0.15, 0.2) is 48.5 Å². The highest BCUT2D eigenvalue weighted by Crippen LogP contribution is 2.29. The number of aliphatic hydroxyl groups is 1. The van der Waals surface area contributed by atoms with E-state index in [1.807, 2.05) is 17.0 Å². The lowest BCUT2D eigenvalue weighted by Gasteiger charge is -2.33. The fraction of sp³-hybridized carbons (Fsp3) is 0.515. The Morgan fingerprint density at radius 3 is 2.27 bits per heavy atom. The first-order valence-corrected chi connectivity index (χ1v) is 15.2. The molecular weight excluding hydrogens is 580 g/mol. The summed E-state index contributed by atoms with van der Waals surface area (Å²) < 4.78 is 16.0. The molecule has 0 spiro atoms. The molecule has 2 aromatic rings. The minimum Gasteiger partial charge on any atom is -0.497 e. The molecule has 244 valence electrons. The second kappa shape index (κ2) is 15.5. The predicted octanol–water partition coefficient (Wildman–Crippen LogP) is 0.180. The number of aldehydes is 1. The van der Waals surface area contributed by atoms with Crippen LogP contribution in [0.1, 0.15) is 30.5 Å². The van der Waals surface area contributed by atoms with Gasteiger partial charge in [-0.3, -0.25) is 19.3 Å². The Morgan fingerprint density at radius 1 is 1.07 bits per heavy atom. The zero-order valence-electron chi connectivity index (χ0n) is 26.2. The largest absolute Gasteiger partial charge is 0.497 e. The Bertz CT molecular complexity index is 1310. The van der Waals surface area contributed by atoms with Gasteiger partial charge in [-0.25, -0.2) is 0 Å². The Labute approximate surface area is 263 Å². The average molecular weight is 625 g/mol. The van der Waals surface area contributed by atoms with Crippen molar-refractivity contribution in [2.75, 3.05) is 53.1 Å². The van der Waals surface area contributed by atoms with E-state index in [1.165, 1.54) is 0 Å². The minimum atomic E-state index is -1.46. The van der Waals surface area contributed by atoms with Crippen LogP contribution in [-0.2, 0) is 48.1 Å². The fourth-order valence-corrected chi connectivity index (χ4v) is 5.24. The Kier molecular flexibility index (Phi) is 11.8.